The molecular weight excluding hydrogens is 302 g/mol. The van der Waals surface area contributed by atoms with Gasteiger partial charge in [-0.25, -0.2) is 0 Å². The third kappa shape index (κ3) is 4.15. The molecule has 2 aliphatic rings. The summed E-state index contributed by atoms with van der Waals surface area (Å²) < 4.78 is 0. The Balaban J connectivity index is 1.61. The summed E-state index contributed by atoms with van der Waals surface area (Å²) in [5.41, 5.74) is 6.76. The number of hydrogen-bond acceptors (Lipinski definition) is 3. The highest BCUT2D eigenvalue weighted by molar-refractivity contribution is 5.77. The minimum atomic E-state index is -0.264. The zero-order valence-electron chi connectivity index (χ0n) is 14.2. The average molecular weight is 329 g/mol. The number of hydrogen-bond donors (Lipinski definition) is 1. The van der Waals surface area contributed by atoms with Crippen LogP contribution in [0, 0.1) is 5.41 Å². The number of primary amides is 1. The molecule has 2 N–H and O–H groups in total. The zero-order chi connectivity index (χ0) is 17.0. The van der Waals surface area contributed by atoms with Crippen LogP contribution in [0.2, 0.25) is 0 Å². The summed E-state index contributed by atoms with van der Waals surface area (Å²) in [5.74, 6) is 0.00319. The number of rotatable bonds is 5. The normalized spacial score (nSPS) is 25.2. The van der Waals surface area contributed by atoms with Gasteiger partial charge in [-0.1, -0.05) is 30.3 Å². The fourth-order valence-corrected chi connectivity index (χ4v) is 4.21. The molecule has 1 aromatic carbocycles. The van der Waals surface area contributed by atoms with Gasteiger partial charge in [0.25, 0.3) is 0 Å². The number of amides is 2. The van der Waals surface area contributed by atoms with Gasteiger partial charge in [0.1, 0.15) is 0 Å². The molecule has 2 heterocycles. The van der Waals surface area contributed by atoms with Gasteiger partial charge >= 0.3 is 0 Å². The molecule has 3 rings (SSSR count). The van der Waals surface area contributed by atoms with Crippen LogP contribution in [0.5, 0.6) is 0 Å². The van der Waals surface area contributed by atoms with E-state index in [2.05, 4.69) is 17.0 Å². The van der Waals surface area contributed by atoms with Gasteiger partial charge in [0.05, 0.1) is 6.54 Å². The second kappa shape index (κ2) is 7.34. The smallest absolute Gasteiger partial charge is 0.231 e. The molecule has 0 radical (unpaired) electrons. The van der Waals surface area contributed by atoms with Crippen molar-refractivity contribution in [1.82, 2.24) is 9.80 Å². The van der Waals surface area contributed by atoms with E-state index in [-0.39, 0.29) is 17.2 Å². The summed E-state index contributed by atoms with van der Waals surface area (Å²) in [6.45, 7) is 3.74. The fraction of sp³-hybridized carbons (Fsp3) is 0.579. The van der Waals surface area contributed by atoms with E-state index < -0.39 is 0 Å². The molecule has 2 fully saturated rings. The Hall–Kier alpha value is -1.88. The van der Waals surface area contributed by atoms with E-state index in [0.29, 0.717) is 13.0 Å². The first-order valence-corrected chi connectivity index (χ1v) is 8.89. The predicted molar refractivity (Wildman–Crippen MR) is 93.3 cm³/mol. The molecule has 1 aromatic rings. The maximum absolute atomic E-state index is 12.3. The first-order valence-electron chi connectivity index (χ1n) is 8.89. The Morgan fingerprint density at radius 3 is 2.71 bits per heavy atom. The summed E-state index contributed by atoms with van der Waals surface area (Å²) in [7, 11) is 0. The molecule has 24 heavy (non-hydrogen) atoms. The third-order valence-corrected chi connectivity index (χ3v) is 5.38. The van der Waals surface area contributed by atoms with Crippen LogP contribution in [0.15, 0.2) is 30.3 Å². The van der Waals surface area contributed by atoms with Crippen molar-refractivity contribution in [3.63, 3.8) is 0 Å². The Morgan fingerprint density at radius 1 is 1.17 bits per heavy atom. The summed E-state index contributed by atoms with van der Waals surface area (Å²) in [6.07, 6.45) is 4.67. The number of piperidine rings is 2. The van der Waals surface area contributed by atoms with E-state index in [9.17, 15) is 9.59 Å². The monoisotopic (exact) mass is 329 g/mol. The van der Waals surface area contributed by atoms with Crippen molar-refractivity contribution >= 4 is 11.8 Å². The third-order valence-electron chi connectivity index (χ3n) is 5.38. The van der Waals surface area contributed by atoms with Crippen LogP contribution in [-0.2, 0) is 16.0 Å². The summed E-state index contributed by atoms with van der Waals surface area (Å²) in [5, 5.41) is 0. The molecular formula is C19H27N3O2. The van der Waals surface area contributed by atoms with Crippen molar-refractivity contribution in [3.05, 3.63) is 35.9 Å². The molecule has 0 aromatic heterocycles. The van der Waals surface area contributed by atoms with Crippen LogP contribution >= 0.6 is 0 Å². The molecule has 0 saturated carbocycles. The van der Waals surface area contributed by atoms with Crippen molar-refractivity contribution in [1.29, 1.82) is 0 Å². The summed E-state index contributed by atoms with van der Waals surface area (Å²) in [4.78, 5) is 27.8. The highest BCUT2D eigenvalue weighted by Gasteiger charge is 2.41. The van der Waals surface area contributed by atoms with Gasteiger partial charge in [-0.15, -0.1) is 0 Å². The number of nitrogens with zero attached hydrogens (tertiary/aromatic N) is 2. The Labute approximate surface area is 143 Å². The second-order valence-electron chi connectivity index (χ2n) is 7.33. The van der Waals surface area contributed by atoms with Gasteiger partial charge in [0.15, 0.2) is 0 Å². The summed E-state index contributed by atoms with van der Waals surface area (Å²) in [6, 6.07) is 10.3. The van der Waals surface area contributed by atoms with Crippen LogP contribution in [0.4, 0.5) is 0 Å². The molecule has 5 nitrogen and oxygen atoms in total. The molecule has 2 aliphatic heterocycles. The lowest BCUT2D eigenvalue weighted by Crippen LogP contribution is -2.55. The Morgan fingerprint density at radius 2 is 1.96 bits per heavy atom. The number of carbonyl (C=O) groups excluding carboxylic acids is 2. The quantitative estimate of drug-likeness (QED) is 0.888. The van der Waals surface area contributed by atoms with Crippen molar-refractivity contribution in [2.24, 2.45) is 11.1 Å². The lowest BCUT2D eigenvalue weighted by atomic mass is 9.73. The van der Waals surface area contributed by atoms with Crippen molar-refractivity contribution < 1.29 is 9.59 Å². The largest absolute Gasteiger partial charge is 0.369 e. The first-order chi connectivity index (χ1) is 11.6. The highest BCUT2D eigenvalue weighted by Crippen LogP contribution is 2.38. The maximum Gasteiger partial charge on any atom is 0.231 e. The number of nitrogens with two attached hydrogens (primary N) is 1. The van der Waals surface area contributed by atoms with Crippen LogP contribution in [0.3, 0.4) is 0 Å². The SMILES string of the molecule is NC(=O)CN1CCC[C@]2(CCC(=O)N(CCc3ccccc3)C2)C1. The van der Waals surface area contributed by atoms with E-state index in [1.165, 1.54) is 5.56 Å². The van der Waals surface area contributed by atoms with Crippen LogP contribution < -0.4 is 5.73 Å². The molecule has 2 amide bonds. The van der Waals surface area contributed by atoms with E-state index in [1.54, 1.807) is 0 Å². The minimum Gasteiger partial charge on any atom is -0.369 e. The van der Waals surface area contributed by atoms with Crippen molar-refractivity contribution in [2.75, 3.05) is 32.7 Å². The van der Waals surface area contributed by atoms with Gasteiger partial charge in [0, 0.05) is 31.5 Å². The molecule has 130 valence electrons. The van der Waals surface area contributed by atoms with E-state index >= 15 is 0 Å². The van der Waals surface area contributed by atoms with E-state index in [4.69, 9.17) is 5.73 Å². The van der Waals surface area contributed by atoms with E-state index in [1.807, 2.05) is 23.1 Å². The first kappa shape index (κ1) is 17.0. The second-order valence-corrected chi connectivity index (χ2v) is 7.33. The maximum atomic E-state index is 12.3. The van der Waals surface area contributed by atoms with Gasteiger partial charge in [0.2, 0.25) is 11.8 Å². The molecule has 5 heteroatoms. The highest BCUT2D eigenvalue weighted by atomic mass is 16.2. The molecule has 0 unspecified atom stereocenters. The van der Waals surface area contributed by atoms with Crippen LogP contribution in [0.1, 0.15) is 31.2 Å². The van der Waals surface area contributed by atoms with Crippen molar-refractivity contribution in [3.8, 4) is 0 Å². The Bertz CT molecular complexity index is 590. The van der Waals surface area contributed by atoms with Crippen molar-refractivity contribution in [2.45, 2.75) is 32.1 Å². The standard InChI is InChI=1S/C19H27N3O2/c20-17(23)13-21-11-4-9-19(14-21)10-7-18(24)22(15-19)12-8-16-5-2-1-3-6-16/h1-3,5-6H,4,7-15H2,(H2,20,23)/t19-/m0/s1. The molecule has 1 spiro atoms. The molecule has 0 aliphatic carbocycles. The average Bonchev–Trinajstić information content (AvgIpc) is 2.57. The number of likely N-dealkylation sites (tertiary alicyclic amines) is 2. The fourth-order valence-electron chi connectivity index (χ4n) is 4.21. The number of benzene rings is 1. The molecule has 2 saturated heterocycles. The minimum absolute atomic E-state index is 0.137. The topological polar surface area (TPSA) is 66.6 Å². The van der Waals surface area contributed by atoms with Crippen LogP contribution in [0.25, 0.3) is 0 Å². The van der Waals surface area contributed by atoms with Crippen LogP contribution in [-0.4, -0.2) is 54.3 Å². The molecule has 1 atom stereocenters. The van der Waals surface area contributed by atoms with E-state index in [0.717, 1.165) is 51.9 Å². The summed E-state index contributed by atoms with van der Waals surface area (Å²) >= 11 is 0. The van der Waals surface area contributed by atoms with Gasteiger partial charge in [-0.2, -0.15) is 0 Å². The lowest BCUT2D eigenvalue weighted by Gasteiger charge is -2.48. The number of carbonyl (C=O) groups is 2. The molecule has 0 bridgehead atoms. The van der Waals surface area contributed by atoms with Gasteiger partial charge in [-0.3, -0.25) is 14.5 Å². The zero-order valence-corrected chi connectivity index (χ0v) is 14.2. The van der Waals surface area contributed by atoms with Gasteiger partial charge in [-0.05, 0) is 37.8 Å². The van der Waals surface area contributed by atoms with Gasteiger partial charge < -0.3 is 10.6 Å². The Kier molecular flexibility index (Phi) is 5.19. The lowest BCUT2D eigenvalue weighted by molar-refractivity contribution is -0.140. The predicted octanol–water partition coefficient (Wildman–Crippen LogP) is 1.42.